The Morgan fingerprint density at radius 1 is 1.28 bits per heavy atom. The molecule has 1 heterocycles. The zero-order valence-corrected chi connectivity index (χ0v) is 11.2. The number of carbonyl (C=O) groups excluding carboxylic acids is 1. The standard InChI is InChI=1S/C14H25N3O/c1-14(7-16-8-14)13(18)17-12-9-3-2-4-10(12)6-11(15)5-9/h9-12,16H,2-8,15H2,1H3,(H,17,18). The summed E-state index contributed by atoms with van der Waals surface area (Å²) in [5, 5.41) is 6.55. The van der Waals surface area contributed by atoms with Crippen LogP contribution in [0.4, 0.5) is 0 Å². The number of hydrogen-bond donors (Lipinski definition) is 3. The Hall–Kier alpha value is -0.610. The average molecular weight is 251 g/mol. The fourth-order valence-electron chi connectivity index (χ4n) is 4.01. The Balaban J connectivity index is 1.66. The first-order chi connectivity index (χ1) is 8.58. The van der Waals surface area contributed by atoms with Crippen molar-refractivity contribution in [3.05, 3.63) is 0 Å². The van der Waals surface area contributed by atoms with Gasteiger partial charge in [-0.15, -0.1) is 0 Å². The van der Waals surface area contributed by atoms with Crippen LogP contribution in [-0.4, -0.2) is 31.1 Å². The molecule has 2 bridgehead atoms. The van der Waals surface area contributed by atoms with E-state index in [4.69, 9.17) is 5.73 Å². The van der Waals surface area contributed by atoms with Gasteiger partial charge in [-0.2, -0.15) is 0 Å². The minimum Gasteiger partial charge on any atom is -0.352 e. The van der Waals surface area contributed by atoms with E-state index >= 15 is 0 Å². The Labute approximate surface area is 109 Å². The molecule has 0 aromatic heterocycles. The first-order valence-corrected chi connectivity index (χ1v) is 7.36. The van der Waals surface area contributed by atoms with Gasteiger partial charge in [0, 0.05) is 25.2 Å². The average Bonchev–Trinajstić information content (AvgIpc) is 2.27. The van der Waals surface area contributed by atoms with Crippen LogP contribution in [0, 0.1) is 17.3 Å². The van der Waals surface area contributed by atoms with Crippen molar-refractivity contribution in [2.75, 3.05) is 13.1 Å². The van der Waals surface area contributed by atoms with Crippen LogP contribution in [0.1, 0.15) is 39.0 Å². The molecule has 0 aromatic carbocycles. The van der Waals surface area contributed by atoms with Crippen LogP contribution in [0.25, 0.3) is 0 Å². The molecule has 4 N–H and O–H groups in total. The van der Waals surface area contributed by atoms with Crippen LogP contribution >= 0.6 is 0 Å². The Morgan fingerprint density at radius 2 is 1.89 bits per heavy atom. The van der Waals surface area contributed by atoms with Crippen molar-refractivity contribution < 1.29 is 4.79 Å². The minimum atomic E-state index is -0.173. The lowest BCUT2D eigenvalue weighted by molar-refractivity contribution is -0.135. The van der Waals surface area contributed by atoms with Gasteiger partial charge in [-0.25, -0.2) is 0 Å². The van der Waals surface area contributed by atoms with Crippen molar-refractivity contribution in [2.24, 2.45) is 23.0 Å². The fraction of sp³-hybridized carbons (Fsp3) is 0.929. The highest BCUT2D eigenvalue weighted by molar-refractivity contribution is 5.84. The number of nitrogens with one attached hydrogen (secondary N) is 2. The van der Waals surface area contributed by atoms with E-state index in [9.17, 15) is 4.79 Å². The molecule has 0 aromatic rings. The second-order valence-corrected chi connectivity index (χ2v) is 6.85. The third-order valence-corrected chi connectivity index (χ3v) is 5.25. The van der Waals surface area contributed by atoms with Gasteiger partial charge < -0.3 is 16.4 Å². The van der Waals surface area contributed by atoms with Crippen molar-refractivity contribution in [3.63, 3.8) is 0 Å². The minimum absolute atomic E-state index is 0.173. The molecular weight excluding hydrogens is 226 g/mol. The van der Waals surface area contributed by atoms with Gasteiger partial charge in [-0.3, -0.25) is 4.79 Å². The van der Waals surface area contributed by atoms with Gasteiger partial charge in [0.05, 0.1) is 5.41 Å². The third-order valence-electron chi connectivity index (χ3n) is 5.25. The Bertz CT molecular complexity index is 326. The van der Waals surface area contributed by atoms with Crippen LogP contribution in [0.5, 0.6) is 0 Å². The molecule has 4 heteroatoms. The highest BCUT2D eigenvalue weighted by atomic mass is 16.2. The van der Waals surface area contributed by atoms with Crippen LogP contribution < -0.4 is 16.4 Å². The topological polar surface area (TPSA) is 67.2 Å². The largest absolute Gasteiger partial charge is 0.352 e. The van der Waals surface area contributed by atoms with E-state index in [1.54, 1.807) is 0 Å². The van der Waals surface area contributed by atoms with Gasteiger partial charge in [-0.1, -0.05) is 6.42 Å². The zero-order chi connectivity index (χ0) is 12.8. The van der Waals surface area contributed by atoms with E-state index in [1.165, 1.54) is 19.3 Å². The molecule has 1 aliphatic heterocycles. The Morgan fingerprint density at radius 3 is 2.39 bits per heavy atom. The van der Waals surface area contributed by atoms with Crippen molar-refractivity contribution in [1.82, 2.24) is 10.6 Å². The molecule has 1 saturated heterocycles. The van der Waals surface area contributed by atoms with E-state index < -0.39 is 0 Å². The molecule has 2 atom stereocenters. The molecule has 18 heavy (non-hydrogen) atoms. The van der Waals surface area contributed by atoms with Gasteiger partial charge in [0.1, 0.15) is 0 Å². The number of carbonyl (C=O) groups is 1. The molecule has 2 aliphatic carbocycles. The van der Waals surface area contributed by atoms with Crippen molar-refractivity contribution in [2.45, 2.75) is 51.1 Å². The summed E-state index contributed by atoms with van der Waals surface area (Å²) in [6.45, 7) is 3.70. The number of amides is 1. The lowest BCUT2D eigenvalue weighted by atomic mass is 9.66. The fourth-order valence-corrected chi connectivity index (χ4v) is 4.01. The van der Waals surface area contributed by atoms with Gasteiger partial charge >= 0.3 is 0 Å². The third kappa shape index (κ3) is 2.05. The quantitative estimate of drug-likeness (QED) is 0.674. The SMILES string of the molecule is CC1(C(=O)NC2C3CCCC2CC(N)C3)CNC1. The summed E-state index contributed by atoms with van der Waals surface area (Å²) < 4.78 is 0. The molecule has 3 fully saturated rings. The van der Waals surface area contributed by atoms with Gasteiger partial charge in [0.15, 0.2) is 0 Å². The second kappa shape index (κ2) is 4.49. The first-order valence-electron chi connectivity index (χ1n) is 7.36. The molecule has 1 amide bonds. The van der Waals surface area contributed by atoms with Gasteiger partial charge in [0.2, 0.25) is 5.91 Å². The molecule has 0 spiro atoms. The van der Waals surface area contributed by atoms with Crippen molar-refractivity contribution in [1.29, 1.82) is 0 Å². The zero-order valence-electron chi connectivity index (χ0n) is 11.2. The van der Waals surface area contributed by atoms with E-state index in [-0.39, 0.29) is 11.3 Å². The lowest BCUT2D eigenvalue weighted by Gasteiger charge is -2.47. The van der Waals surface area contributed by atoms with E-state index in [0.29, 0.717) is 23.9 Å². The summed E-state index contributed by atoms with van der Waals surface area (Å²) in [4.78, 5) is 12.3. The predicted molar refractivity (Wildman–Crippen MR) is 70.9 cm³/mol. The highest BCUT2D eigenvalue weighted by Crippen LogP contribution is 2.40. The number of hydrogen-bond acceptors (Lipinski definition) is 3. The maximum absolute atomic E-state index is 12.3. The summed E-state index contributed by atoms with van der Waals surface area (Å²) in [6, 6.07) is 0.748. The monoisotopic (exact) mass is 251 g/mol. The molecule has 2 unspecified atom stereocenters. The number of fused-ring (bicyclic) bond motifs is 2. The Kier molecular flexibility index (Phi) is 3.10. The maximum Gasteiger partial charge on any atom is 0.228 e. The first kappa shape index (κ1) is 12.4. The normalized spacial score (nSPS) is 41.9. The smallest absolute Gasteiger partial charge is 0.228 e. The lowest BCUT2D eigenvalue weighted by Crippen LogP contribution is -2.63. The predicted octanol–water partition coefficient (Wildman–Crippen LogP) is 0.618. The summed E-state index contributed by atoms with van der Waals surface area (Å²) in [5.74, 6) is 1.49. The highest BCUT2D eigenvalue weighted by Gasteiger charge is 2.44. The van der Waals surface area contributed by atoms with E-state index in [0.717, 1.165) is 25.9 Å². The molecule has 2 saturated carbocycles. The maximum atomic E-state index is 12.3. The van der Waals surface area contributed by atoms with Crippen LogP contribution in [0.15, 0.2) is 0 Å². The molecule has 102 valence electrons. The summed E-state index contributed by atoms with van der Waals surface area (Å²) in [6.07, 6.45) is 5.98. The summed E-state index contributed by atoms with van der Waals surface area (Å²) in [7, 11) is 0. The molecule has 3 rings (SSSR count). The molecule has 0 radical (unpaired) electrons. The molecule has 4 nitrogen and oxygen atoms in total. The van der Waals surface area contributed by atoms with Crippen LogP contribution in [-0.2, 0) is 4.79 Å². The van der Waals surface area contributed by atoms with Crippen molar-refractivity contribution >= 4 is 5.91 Å². The van der Waals surface area contributed by atoms with Gasteiger partial charge in [0.25, 0.3) is 0 Å². The van der Waals surface area contributed by atoms with E-state index in [1.807, 2.05) is 0 Å². The van der Waals surface area contributed by atoms with Crippen LogP contribution in [0.2, 0.25) is 0 Å². The molecular formula is C14H25N3O. The summed E-state index contributed by atoms with van der Waals surface area (Å²) >= 11 is 0. The second-order valence-electron chi connectivity index (χ2n) is 6.85. The van der Waals surface area contributed by atoms with E-state index in [2.05, 4.69) is 17.6 Å². The summed E-state index contributed by atoms with van der Waals surface area (Å²) in [5.41, 5.74) is 5.95. The van der Waals surface area contributed by atoms with Crippen molar-refractivity contribution in [3.8, 4) is 0 Å². The van der Waals surface area contributed by atoms with Gasteiger partial charge in [-0.05, 0) is 44.4 Å². The number of rotatable bonds is 2. The van der Waals surface area contributed by atoms with Crippen LogP contribution in [0.3, 0.4) is 0 Å². The number of nitrogens with two attached hydrogens (primary N) is 1. The molecule has 3 aliphatic rings.